The van der Waals surface area contributed by atoms with E-state index < -0.39 is 10.0 Å². The van der Waals surface area contributed by atoms with Gasteiger partial charge in [0.1, 0.15) is 15.9 Å². The van der Waals surface area contributed by atoms with Crippen molar-refractivity contribution in [3.8, 4) is 0 Å². The van der Waals surface area contributed by atoms with Gasteiger partial charge in [0.15, 0.2) is 0 Å². The molecule has 1 saturated heterocycles. The topological polar surface area (TPSA) is 80.1 Å². The third kappa shape index (κ3) is 4.09. The first-order chi connectivity index (χ1) is 13.5. The van der Waals surface area contributed by atoms with Crippen molar-refractivity contribution in [2.75, 3.05) is 26.2 Å². The van der Waals surface area contributed by atoms with Crippen LogP contribution in [-0.2, 0) is 17.1 Å². The van der Waals surface area contributed by atoms with Crippen LogP contribution in [0.3, 0.4) is 0 Å². The monoisotopic (exact) mass is 399 g/mol. The predicted molar refractivity (Wildman–Crippen MR) is 109 cm³/mol. The summed E-state index contributed by atoms with van der Waals surface area (Å²) < 4.78 is 28.3. The van der Waals surface area contributed by atoms with E-state index in [0.717, 1.165) is 19.5 Å². The summed E-state index contributed by atoms with van der Waals surface area (Å²) in [5, 5.41) is 8.38. The molecule has 0 bridgehead atoms. The Morgan fingerprint density at radius 3 is 2.75 bits per heavy atom. The minimum absolute atomic E-state index is 0.180. The van der Waals surface area contributed by atoms with Crippen LogP contribution in [0, 0.1) is 0 Å². The van der Waals surface area contributed by atoms with E-state index in [1.165, 1.54) is 16.8 Å². The Bertz CT molecular complexity index is 1050. The maximum Gasteiger partial charge on any atom is 0.242 e. The van der Waals surface area contributed by atoms with Gasteiger partial charge < -0.3 is 4.90 Å². The Hall–Kier alpha value is -2.29. The van der Waals surface area contributed by atoms with Crippen molar-refractivity contribution in [2.45, 2.75) is 23.7 Å². The number of aromatic nitrogens is 3. The molecule has 1 fully saturated rings. The Morgan fingerprint density at radius 1 is 1.11 bits per heavy atom. The van der Waals surface area contributed by atoms with Gasteiger partial charge in [-0.05, 0) is 43.0 Å². The van der Waals surface area contributed by atoms with Crippen LogP contribution < -0.4 is 4.72 Å². The molecular weight excluding hydrogens is 374 g/mol. The maximum atomic E-state index is 12.8. The predicted octanol–water partition coefficient (Wildman–Crippen LogP) is 2.13. The van der Waals surface area contributed by atoms with Crippen LogP contribution in [0.15, 0.2) is 53.4 Å². The molecule has 28 heavy (non-hydrogen) atoms. The molecule has 0 spiro atoms. The smallest absolute Gasteiger partial charge is 0.242 e. The lowest BCUT2D eigenvalue weighted by molar-refractivity contribution is 0.211. The quantitative estimate of drug-likeness (QED) is 0.687. The molecule has 0 saturated carbocycles. The van der Waals surface area contributed by atoms with E-state index in [0.29, 0.717) is 30.0 Å². The summed E-state index contributed by atoms with van der Waals surface area (Å²) in [7, 11) is -1.95. The summed E-state index contributed by atoms with van der Waals surface area (Å²) in [6.45, 7) is 3.04. The first kappa shape index (κ1) is 19.0. The largest absolute Gasteiger partial charge is 0.301 e. The first-order valence-corrected chi connectivity index (χ1v) is 11.1. The normalized spacial score (nSPS) is 18.5. The van der Waals surface area contributed by atoms with Gasteiger partial charge in [0.25, 0.3) is 0 Å². The van der Waals surface area contributed by atoms with Gasteiger partial charge in [-0.25, -0.2) is 13.1 Å². The van der Waals surface area contributed by atoms with Gasteiger partial charge in [0, 0.05) is 26.7 Å². The number of rotatable bonds is 6. The standard InChI is InChI=1S/C20H25N5O2S/c1-24-22-18-10-5-11-19(20(18)23-24)28(26,27)21-12-14-25-13-6-9-17(15-25)16-7-3-2-4-8-16/h2-5,7-8,10-11,17,21H,6,9,12-15H2,1H3/t17-/m1/s1. The van der Waals surface area contributed by atoms with Crippen molar-refractivity contribution in [2.24, 2.45) is 7.05 Å². The number of hydrogen-bond donors (Lipinski definition) is 1. The minimum atomic E-state index is -3.63. The lowest BCUT2D eigenvalue weighted by Crippen LogP contribution is -2.40. The molecule has 0 aliphatic carbocycles. The third-order valence-electron chi connectivity index (χ3n) is 5.26. The second-order valence-corrected chi connectivity index (χ2v) is 9.00. The van der Waals surface area contributed by atoms with Gasteiger partial charge in [-0.3, -0.25) is 0 Å². The zero-order valence-electron chi connectivity index (χ0n) is 16.0. The molecule has 1 N–H and O–H groups in total. The molecule has 0 radical (unpaired) electrons. The highest BCUT2D eigenvalue weighted by Crippen LogP contribution is 2.26. The number of piperidine rings is 1. The molecule has 1 aliphatic heterocycles. The van der Waals surface area contributed by atoms with Crippen molar-refractivity contribution >= 4 is 21.1 Å². The molecule has 2 aromatic carbocycles. The van der Waals surface area contributed by atoms with Crippen molar-refractivity contribution < 1.29 is 8.42 Å². The van der Waals surface area contributed by atoms with Crippen LogP contribution in [0.5, 0.6) is 0 Å². The number of benzene rings is 2. The van der Waals surface area contributed by atoms with E-state index in [2.05, 4.69) is 44.1 Å². The lowest BCUT2D eigenvalue weighted by Gasteiger charge is -2.33. The Balaban J connectivity index is 1.39. The van der Waals surface area contributed by atoms with Gasteiger partial charge in [-0.15, -0.1) is 0 Å². The van der Waals surface area contributed by atoms with E-state index in [1.54, 1.807) is 25.2 Å². The lowest BCUT2D eigenvalue weighted by atomic mass is 9.91. The summed E-state index contributed by atoms with van der Waals surface area (Å²) in [6.07, 6.45) is 2.31. The highest BCUT2D eigenvalue weighted by Gasteiger charge is 2.23. The van der Waals surface area contributed by atoms with E-state index in [9.17, 15) is 8.42 Å². The number of nitrogens with one attached hydrogen (secondary N) is 1. The molecule has 1 aliphatic rings. The van der Waals surface area contributed by atoms with Crippen LogP contribution in [0.2, 0.25) is 0 Å². The summed E-state index contributed by atoms with van der Waals surface area (Å²) in [5.74, 6) is 0.514. The Labute approximate surface area is 165 Å². The Kier molecular flexibility index (Phi) is 5.43. The molecule has 1 atom stereocenters. The van der Waals surface area contributed by atoms with Crippen LogP contribution in [-0.4, -0.2) is 54.5 Å². The van der Waals surface area contributed by atoms with Gasteiger partial charge in [0.2, 0.25) is 10.0 Å². The zero-order chi connectivity index (χ0) is 19.6. The second-order valence-electron chi connectivity index (χ2n) is 7.26. The molecule has 7 nitrogen and oxygen atoms in total. The maximum absolute atomic E-state index is 12.8. The number of nitrogens with zero attached hydrogens (tertiary/aromatic N) is 4. The average Bonchev–Trinajstić information content (AvgIpc) is 3.09. The van der Waals surface area contributed by atoms with Crippen molar-refractivity contribution in [1.82, 2.24) is 24.6 Å². The van der Waals surface area contributed by atoms with Crippen LogP contribution in [0.4, 0.5) is 0 Å². The summed E-state index contributed by atoms with van der Waals surface area (Å²) >= 11 is 0. The number of fused-ring (bicyclic) bond motifs is 1. The van der Waals surface area contributed by atoms with Gasteiger partial charge in [-0.1, -0.05) is 36.4 Å². The summed E-state index contributed by atoms with van der Waals surface area (Å²) in [6, 6.07) is 15.6. The average molecular weight is 400 g/mol. The molecule has 1 aromatic heterocycles. The van der Waals surface area contributed by atoms with Crippen molar-refractivity contribution in [3.63, 3.8) is 0 Å². The van der Waals surface area contributed by atoms with Gasteiger partial charge in [-0.2, -0.15) is 15.0 Å². The fourth-order valence-corrected chi connectivity index (χ4v) is 5.08. The van der Waals surface area contributed by atoms with E-state index in [1.807, 2.05) is 6.07 Å². The van der Waals surface area contributed by atoms with Crippen LogP contribution >= 0.6 is 0 Å². The van der Waals surface area contributed by atoms with Crippen LogP contribution in [0.25, 0.3) is 11.0 Å². The van der Waals surface area contributed by atoms with Crippen molar-refractivity contribution in [1.29, 1.82) is 0 Å². The molecule has 2 heterocycles. The van der Waals surface area contributed by atoms with Gasteiger partial charge in [0.05, 0.1) is 0 Å². The molecule has 148 valence electrons. The molecule has 0 amide bonds. The van der Waals surface area contributed by atoms with E-state index >= 15 is 0 Å². The summed E-state index contributed by atoms with van der Waals surface area (Å²) in [5.41, 5.74) is 2.34. The highest BCUT2D eigenvalue weighted by molar-refractivity contribution is 7.89. The van der Waals surface area contributed by atoms with Crippen molar-refractivity contribution in [3.05, 3.63) is 54.1 Å². The highest BCUT2D eigenvalue weighted by atomic mass is 32.2. The van der Waals surface area contributed by atoms with Gasteiger partial charge >= 0.3 is 0 Å². The minimum Gasteiger partial charge on any atom is -0.301 e. The number of sulfonamides is 1. The number of likely N-dealkylation sites (tertiary alicyclic amines) is 1. The molecule has 8 heteroatoms. The van der Waals surface area contributed by atoms with E-state index in [-0.39, 0.29) is 4.90 Å². The SMILES string of the molecule is Cn1nc2cccc(S(=O)(=O)NCCN3CCC[C@@H](c4ccccc4)C3)c2n1. The third-order valence-corrected chi connectivity index (χ3v) is 6.75. The molecule has 3 aromatic rings. The fraction of sp³-hybridized carbons (Fsp3) is 0.400. The van der Waals surface area contributed by atoms with Crippen LogP contribution in [0.1, 0.15) is 24.3 Å². The Morgan fingerprint density at radius 2 is 1.93 bits per heavy atom. The number of aryl methyl sites for hydroxylation is 1. The summed E-state index contributed by atoms with van der Waals surface area (Å²) in [4.78, 5) is 3.91. The number of hydrogen-bond acceptors (Lipinski definition) is 5. The first-order valence-electron chi connectivity index (χ1n) is 9.60. The second kappa shape index (κ2) is 7.98. The molecule has 0 unspecified atom stereocenters. The molecule has 4 rings (SSSR count). The van der Waals surface area contributed by atoms with E-state index in [4.69, 9.17) is 0 Å². The zero-order valence-corrected chi connectivity index (χ0v) is 16.8. The fourth-order valence-electron chi connectivity index (χ4n) is 3.90. The molecular formula is C20H25N5O2S.